The summed E-state index contributed by atoms with van der Waals surface area (Å²) < 4.78 is 0. The topological polar surface area (TPSA) is 17.1 Å². The molecule has 0 rings (SSSR count). The minimum absolute atomic E-state index is 1.36. The zero-order chi connectivity index (χ0) is 6.83. The van der Waals surface area contributed by atoms with Gasteiger partial charge in [0.15, 0.2) is 0 Å². The Morgan fingerprint density at radius 3 is 1.38 bits per heavy atom. The first-order valence-electron chi connectivity index (χ1n) is 3.20. The number of carbonyl (C=O) groups is 1. The molecule has 0 bridgehead atoms. The number of rotatable bonds is 3. The monoisotopic (exact) mass is 116 g/mol. The molecular weight excluding hydrogens is 100 g/mol. The van der Waals surface area contributed by atoms with E-state index in [1.165, 1.54) is 25.7 Å². The molecule has 0 aliphatic carbocycles. The van der Waals surface area contributed by atoms with E-state index in [1.54, 1.807) is 0 Å². The highest BCUT2D eigenvalue weighted by atomic mass is 16.1. The highest BCUT2D eigenvalue weighted by Crippen LogP contribution is 1.95. The van der Waals surface area contributed by atoms with Gasteiger partial charge in [0.05, 0.1) is 0 Å². The Balaban J connectivity index is 0. The maximum Gasteiger partial charge on any atom is 0.106 e. The molecule has 0 saturated heterocycles. The summed E-state index contributed by atoms with van der Waals surface area (Å²) in [4.78, 5) is 8.00. The van der Waals surface area contributed by atoms with Crippen LogP contribution < -0.4 is 0 Å². The highest BCUT2D eigenvalue weighted by molar-refractivity contribution is 5.10. The Morgan fingerprint density at radius 2 is 1.25 bits per heavy atom. The van der Waals surface area contributed by atoms with Gasteiger partial charge in [0, 0.05) is 0 Å². The van der Waals surface area contributed by atoms with E-state index in [1.807, 2.05) is 6.79 Å². The van der Waals surface area contributed by atoms with Gasteiger partial charge in [-0.3, -0.25) is 0 Å². The molecule has 0 aromatic heterocycles. The van der Waals surface area contributed by atoms with Crippen molar-refractivity contribution < 1.29 is 4.79 Å². The van der Waals surface area contributed by atoms with Crippen molar-refractivity contribution >= 4 is 6.79 Å². The molecule has 0 aromatic carbocycles. The van der Waals surface area contributed by atoms with E-state index in [4.69, 9.17) is 4.79 Å². The van der Waals surface area contributed by atoms with E-state index in [9.17, 15) is 0 Å². The maximum absolute atomic E-state index is 8.00. The summed E-state index contributed by atoms with van der Waals surface area (Å²) in [7, 11) is 0. The molecule has 0 radical (unpaired) electrons. The molecule has 0 aliphatic heterocycles. The van der Waals surface area contributed by atoms with Crippen LogP contribution in [0.5, 0.6) is 0 Å². The number of hydrogen-bond acceptors (Lipinski definition) is 1. The zero-order valence-corrected chi connectivity index (χ0v) is 5.94. The molecule has 0 unspecified atom stereocenters. The van der Waals surface area contributed by atoms with Crippen LogP contribution >= 0.6 is 0 Å². The quantitative estimate of drug-likeness (QED) is 0.517. The lowest BCUT2D eigenvalue weighted by Crippen LogP contribution is -1.66. The molecule has 1 nitrogen and oxygen atoms in total. The predicted octanol–water partition coefficient (Wildman–Crippen LogP) is 2.40. The predicted molar refractivity (Wildman–Crippen MR) is 36.9 cm³/mol. The second-order valence-electron chi connectivity index (χ2n) is 1.71. The molecule has 0 N–H and O–H groups in total. The Labute approximate surface area is 52.1 Å². The number of carbonyl (C=O) groups excluding carboxylic acids is 1. The molecule has 50 valence electrons. The van der Waals surface area contributed by atoms with Crippen molar-refractivity contribution in [1.29, 1.82) is 0 Å². The Morgan fingerprint density at radius 1 is 1.00 bits per heavy atom. The first-order chi connectivity index (χ1) is 3.91. The Bertz CT molecular complexity index is 23.6. The van der Waals surface area contributed by atoms with Gasteiger partial charge in [-0.25, -0.2) is 0 Å². The van der Waals surface area contributed by atoms with Crippen LogP contribution in [0.4, 0.5) is 0 Å². The van der Waals surface area contributed by atoms with Crippen molar-refractivity contribution in [2.75, 3.05) is 0 Å². The fraction of sp³-hybridized carbons (Fsp3) is 0.857. The summed E-state index contributed by atoms with van der Waals surface area (Å²) in [5, 5.41) is 0. The van der Waals surface area contributed by atoms with Gasteiger partial charge in [0.2, 0.25) is 0 Å². The Kier molecular flexibility index (Phi) is 21.1. The zero-order valence-electron chi connectivity index (χ0n) is 5.94. The van der Waals surface area contributed by atoms with Crippen LogP contribution in [0.15, 0.2) is 0 Å². The summed E-state index contributed by atoms with van der Waals surface area (Å²) in [6, 6.07) is 0. The minimum Gasteiger partial charge on any atom is -0.307 e. The van der Waals surface area contributed by atoms with Crippen LogP contribution in [0.25, 0.3) is 0 Å². The SMILES string of the molecule is C=O.CCCCCC. The normalized spacial score (nSPS) is 7.25. The lowest BCUT2D eigenvalue weighted by Gasteiger charge is -1.86. The van der Waals surface area contributed by atoms with Crippen LogP contribution in [0.3, 0.4) is 0 Å². The van der Waals surface area contributed by atoms with Crippen molar-refractivity contribution in [3.8, 4) is 0 Å². The van der Waals surface area contributed by atoms with Crippen LogP contribution in [-0.4, -0.2) is 6.79 Å². The summed E-state index contributed by atoms with van der Waals surface area (Å²) >= 11 is 0. The molecular formula is C7H16O. The van der Waals surface area contributed by atoms with Gasteiger partial charge in [-0.15, -0.1) is 0 Å². The van der Waals surface area contributed by atoms with Gasteiger partial charge in [-0.1, -0.05) is 39.5 Å². The van der Waals surface area contributed by atoms with Crippen molar-refractivity contribution in [2.45, 2.75) is 39.5 Å². The summed E-state index contributed by atoms with van der Waals surface area (Å²) in [5.74, 6) is 0. The molecule has 0 heterocycles. The summed E-state index contributed by atoms with van der Waals surface area (Å²) in [6.45, 7) is 6.46. The molecule has 0 atom stereocenters. The van der Waals surface area contributed by atoms with Gasteiger partial charge in [0.25, 0.3) is 0 Å². The van der Waals surface area contributed by atoms with Gasteiger partial charge < -0.3 is 4.79 Å². The highest BCUT2D eigenvalue weighted by Gasteiger charge is 1.75. The fourth-order valence-electron chi connectivity index (χ4n) is 0.500. The van der Waals surface area contributed by atoms with Gasteiger partial charge in [-0.05, 0) is 0 Å². The van der Waals surface area contributed by atoms with Gasteiger partial charge in [-0.2, -0.15) is 0 Å². The third kappa shape index (κ3) is 17.3. The van der Waals surface area contributed by atoms with E-state index in [0.29, 0.717) is 0 Å². The average Bonchev–Trinajstić information content (AvgIpc) is 1.88. The van der Waals surface area contributed by atoms with E-state index in [0.717, 1.165) is 0 Å². The smallest absolute Gasteiger partial charge is 0.106 e. The first-order valence-corrected chi connectivity index (χ1v) is 3.20. The van der Waals surface area contributed by atoms with Crippen molar-refractivity contribution in [2.24, 2.45) is 0 Å². The summed E-state index contributed by atoms with van der Waals surface area (Å²) in [6.07, 6.45) is 5.54. The van der Waals surface area contributed by atoms with Crippen LogP contribution in [-0.2, 0) is 4.79 Å². The average molecular weight is 116 g/mol. The fourth-order valence-corrected chi connectivity index (χ4v) is 0.500. The minimum atomic E-state index is 1.36. The first kappa shape index (κ1) is 10.6. The second kappa shape index (κ2) is 15.9. The summed E-state index contributed by atoms with van der Waals surface area (Å²) in [5.41, 5.74) is 0. The standard InChI is InChI=1S/C6H14.CH2O/c1-3-5-6-4-2;1-2/h3-6H2,1-2H3;1H2. The van der Waals surface area contributed by atoms with E-state index < -0.39 is 0 Å². The lowest BCUT2D eigenvalue weighted by atomic mass is 10.2. The molecule has 0 fully saturated rings. The molecule has 0 aromatic rings. The third-order valence-electron chi connectivity index (χ3n) is 0.957. The van der Waals surface area contributed by atoms with Crippen LogP contribution in [0, 0.1) is 0 Å². The van der Waals surface area contributed by atoms with Gasteiger partial charge in [0.1, 0.15) is 6.79 Å². The number of hydrogen-bond donors (Lipinski definition) is 0. The molecule has 8 heavy (non-hydrogen) atoms. The van der Waals surface area contributed by atoms with Crippen molar-refractivity contribution in [3.63, 3.8) is 0 Å². The van der Waals surface area contributed by atoms with Crippen molar-refractivity contribution in [3.05, 3.63) is 0 Å². The molecule has 0 amide bonds. The molecule has 1 heteroatoms. The van der Waals surface area contributed by atoms with Crippen LogP contribution in [0.1, 0.15) is 39.5 Å². The van der Waals surface area contributed by atoms with E-state index in [2.05, 4.69) is 13.8 Å². The van der Waals surface area contributed by atoms with Gasteiger partial charge >= 0.3 is 0 Å². The van der Waals surface area contributed by atoms with Crippen LogP contribution in [0.2, 0.25) is 0 Å². The maximum atomic E-state index is 8.00. The Hall–Kier alpha value is -0.330. The number of unbranched alkanes of at least 4 members (excludes halogenated alkanes) is 3. The molecule has 0 spiro atoms. The van der Waals surface area contributed by atoms with Crippen molar-refractivity contribution in [1.82, 2.24) is 0 Å². The molecule has 0 saturated carbocycles. The van der Waals surface area contributed by atoms with E-state index in [-0.39, 0.29) is 0 Å². The second-order valence-corrected chi connectivity index (χ2v) is 1.71. The largest absolute Gasteiger partial charge is 0.307 e. The third-order valence-corrected chi connectivity index (χ3v) is 0.957. The molecule has 0 aliphatic rings. The lowest BCUT2D eigenvalue weighted by molar-refractivity contribution is -0.0979. The van der Waals surface area contributed by atoms with E-state index >= 15 is 0 Å².